The van der Waals surface area contributed by atoms with E-state index >= 15 is 0 Å². The normalized spacial score (nSPS) is 14.5. The van der Waals surface area contributed by atoms with Crippen LogP contribution in [0, 0.1) is 0 Å². The zero-order chi connectivity index (χ0) is 21.3. The summed E-state index contributed by atoms with van der Waals surface area (Å²) in [7, 11) is 0. The number of benzene rings is 2. The van der Waals surface area contributed by atoms with Gasteiger partial charge in [-0.1, -0.05) is 47.6 Å². The SMILES string of the molecule is O=C1CCCN1CSc1nnc(-c2cccc(Cl)c2)n1-c1ccccc1C(F)(F)F. The van der Waals surface area contributed by atoms with Gasteiger partial charge in [-0.15, -0.1) is 10.2 Å². The second-order valence-electron chi connectivity index (χ2n) is 6.70. The number of hydrogen-bond donors (Lipinski definition) is 0. The fourth-order valence-corrected chi connectivity index (χ4v) is 4.43. The molecule has 30 heavy (non-hydrogen) atoms. The van der Waals surface area contributed by atoms with Gasteiger partial charge in [0.25, 0.3) is 0 Å². The number of carbonyl (C=O) groups excluding carboxylic acids is 1. The topological polar surface area (TPSA) is 51.0 Å². The number of aromatic nitrogens is 3. The number of hydrogen-bond acceptors (Lipinski definition) is 4. The van der Waals surface area contributed by atoms with Crippen LogP contribution < -0.4 is 0 Å². The molecule has 2 aromatic carbocycles. The van der Waals surface area contributed by atoms with E-state index in [1.807, 2.05) is 0 Å². The lowest BCUT2D eigenvalue weighted by Crippen LogP contribution is -2.24. The van der Waals surface area contributed by atoms with Crippen LogP contribution in [0.1, 0.15) is 18.4 Å². The number of alkyl halides is 3. The van der Waals surface area contributed by atoms with Crippen molar-refractivity contribution in [1.82, 2.24) is 19.7 Å². The molecule has 0 radical (unpaired) electrons. The zero-order valence-electron chi connectivity index (χ0n) is 15.6. The molecule has 1 saturated heterocycles. The van der Waals surface area contributed by atoms with E-state index in [9.17, 15) is 18.0 Å². The lowest BCUT2D eigenvalue weighted by atomic mass is 10.1. The first-order valence-corrected chi connectivity index (χ1v) is 10.5. The van der Waals surface area contributed by atoms with Crippen molar-refractivity contribution in [3.63, 3.8) is 0 Å². The van der Waals surface area contributed by atoms with Crippen LogP contribution in [0.5, 0.6) is 0 Å². The van der Waals surface area contributed by atoms with E-state index in [1.54, 1.807) is 29.2 Å². The highest BCUT2D eigenvalue weighted by molar-refractivity contribution is 7.99. The first-order valence-electron chi connectivity index (χ1n) is 9.13. The number of rotatable bonds is 5. The highest BCUT2D eigenvalue weighted by atomic mass is 35.5. The van der Waals surface area contributed by atoms with Gasteiger partial charge in [0, 0.05) is 23.6 Å². The van der Waals surface area contributed by atoms with Crippen molar-refractivity contribution in [3.05, 3.63) is 59.1 Å². The number of halogens is 4. The Balaban J connectivity index is 1.82. The molecule has 1 amide bonds. The van der Waals surface area contributed by atoms with Crippen molar-refractivity contribution < 1.29 is 18.0 Å². The molecule has 156 valence electrons. The molecule has 1 aliphatic heterocycles. The smallest absolute Gasteiger partial charge is 0.333 e. The molecular formula is C20H16ClF3N4OS. The van der Waals surface area contributed by atoms with Crippen molar-refractivity contribution in [2.24, 2.45) is 0 Å². The van der Waals surface area contributed by atoms with Gasteiger partial charge in [-0.05, 0) is 30.7 Å². The molecule has 0 aliphatic carbocycles. The highest BCUT2D eigenvalue weighted by Gasteiger charge is 2.35. The van der Waals surface area contributed by atoms with E-state index in [0.717, 1.165) is 12.5 Å². The van der Waals surface area contributed by atoms with Gasteiger partial charge in [0.2, 0.25) is 5.91 Å². The van der Waals surface area contributed by atoms with Crippen molar-refractivity contribution in [1.29, 1.82) is 0 Å². The van der Waals surface area contributed by atoms with E-state index in [-0.39, 0.29) is 22.6 Å². The largest absolute Gasteiger partial charge is 0.418 e. The highest BCUT2D eigenvalue weighted by Crippen LogP contribution is 2.37. The maximum Gasteiger partial charge on any atom is 0.418 e. The number of para-hydroxylation sites is 1. The first kappa shape index (κ1) is 20.7. The first-order chi connectivity index (χ1) is 14.3. The molecule has 4 rings (SSSR count). The summed E-state index contributed by atoms with van der Waals surface area (Å²) in [5.74, 6) is 0.560. The number of amides is 1. The van der Waals surface area contributed by atoms with E-state index < -0.39 is 11.7 Å². The summed E-state index contributed by atoms with van der Waals surface area (Å²) in [6.07, 6.45) is -3.30. The summed E-state index contributed by atoms with van der Waals surface area (Å²) < 4.78 is 42.5. The van der Waals surface area contributed by atoms with Crippen LogP contribution in [0.4, 0.5) is 13.2 Å². The Morgan fingerprint density at radius 3 is 2.60 bits per heavy atom. The van der Waals surface area contributed by atoms with E-state index in [4.69, 9.17) is 11.6 Å². The summed E-state index contributed by atoms with van der Waals surface area (Å²) >= 11 is 7.26. The third-order valence-electron chi connectivity index (χ3n) is 4.69. The van der Waals surface area contributed by atoms with E-state index in [0.29, 0.717) is 29.4 Å². The van der Waals surface area contributed by atoms with Gasteiger partial charge in [0.05, 0.1) is 17.1 Å². The predicted octanol–water partition coefficient (Wildman–Crippen LogP) is 5.28. The average Bonchev–Trinajstić information content (AvgIpc) is 3.31. The molecule has 0 bridgehead atoms. The molecule has 0 saturated carbocycles. The van der Waals surface area contributed by atoms with Crippen molar-refractivity contribution >= 4 is 29.3 Å². The number of likely N-dealkylation sites (tertiary alicyclic amines) is 1. The van der Waals surface area contributed by atoms with E-state index in [2.05, 4.69) is 10.2 Å². The molecular weight excluding hydrogens is 437 g/mol. The molecule has 0 N–H and O–H groups in total. The summed E-state index contributed by atoms with van der Waals surface area (Å²) in [5.41, 5.74) is -0.344. The summed E-state index contributed by atoms with van der Waals surface area (Å²) in [5, 5.41) is 8.99. The molecule has 2 heterocycles. The summed E-state index contributed by atoms with van der Waals surface area (Å²) in [6.45, 7) is 0.625. The van der Waals surface area contributed by atoms with Crippen LogP contribution in [0.2, 0.25) is 5.02 Å². The minimum Gasteiger partial charge on any atom is -0.333 e. The summed E-state index contributed by atoms with van der Waals surface area (Å²) in [6, 6.07) is 12.0. The van der Waals surface area contributed by atoms with Crippen LogP contribution in [0.25, 0.3) is 17.1 Å². The Hall–Kier alpha value is -2.52. The average molecular weight is 453 g/mol. The van der Waals surface area contributed by atoms with Crippen LogP contribution >= 0.6 is 23.4 Å². The predicted molar refractivity (Wildman–Crippen MR) is 108 cm³/mol. The van der Waals surface area contributed by atoms with E-state index in [1.165, 1.54) is 34.5 Å². The van der Waals surface area contributed by atoms with Crippen LogP contribution in [-0.4, -0.2) is 38.0 Å². The van der Waals surface area contributed by atoms with Gasteiger partial charge in [-0.25, -0.2) is 0 Å². The fraction of sp³-hybridized carbons (Fsp3) is 0.250. The molecule has 10 heteroatoms. The monoisotopic (exact) mass is 452 g/mol. The quantitative estimate of drug-likeness (QED) is 0.494. The molecule has 3 aromatic rings. The van der Waals surface area contributed by atoms with Gasteiger partial charge in [-0.2, -0.15) is 13.2 Å². The van der Waals surface area contributed by atoms with Crippen molar-refractivity contribution in [3.8, 4) is 17.1 Å². The number of thioether (sulfide) groups is 1. The third kappa shape index (κ3) is 4.17. The van der Waals surface area contributed by atoms with Gasteiger partial charge in [-0.3, -0.25) is 9.36 Å². The Bertz CT molecular complexity index is 1090. The Morgan fingerprint density at radius 2 is 1.90 bits per heavy atom. The molecule has 1 aliphatic rings. The third-order valence-corrected chi connectivity index (χ3v) is 5.89. The molecule has 0 atom stereocenters. The molecule has 1 fully saturated rings. The Kier molecular flexibility index (Phi) is 5.75. The number of carbonyl (C=O) groups is 1. The zero-order valence-corrected chi connectivity index (χ0v) is 17.1. The fourth-order valence-electron chi connectivity index (χ4n) is 3.28. The standard InChI is InChI=1S/C20H16ClF3N4OS/c21-14-6-3-5-13(11-14)18-25-26-19(30-12-27-10-4-9-17(27)29)28(18)16-8-2-1-7-15(16)20(22,23)24/h1-3,5-8,11H,4,9-10,12H2. The second kappa shape index (κ2) is 8.31. The maximum absolute atomic E-state index is 13.7. The molecule has 0 unspecified atom stereocenters. The lowest BCUT2D eigenvalue weighted by Gasteiger charge is -2.18. The van der Waals surface area contributed by atoms with Crippen molar-refractivity contribution in [2.75, 3.05) is 12.4 Å². The van der Waals surface area contributed by atoms with Gasteiger partial charge < -0.3 is 4.90 Å². The lowest BCUT2D eigenvalue weighted by molar-refractivity contribution is -0.137. The Morgan fingerprint density at radius 1 is 1.10 bits per heavy atom. The van der Waals surface area contributed by atoms with Gasteiger partial charge >= 0.3 is 6.18 Å². The van der Waals surface area contributed by atoms with Crippen LogP contribution in [0.3, 0.4) is 0 Å². The summed E-state index contributed by atoms with van der Waals surface area (Å²) in [4.78, 5) is 13.6. The van der Waals surface area contributed by atoms with Crippen molar-refractivity contribution in [2.45, 2.75) is 24.2 Å². The number of nitrogens with zero attached hydrogens (tertiary/aromatic N) is 4. The van der Waals surface area contributed by atoms with Gasteiger partial charge in [0.15, 0.2) is 11.0 Å². The van der Waals surface area contributed by atoms with Gasteiger partial charge in [0.1, 0.15) is 0 Å². The minimum absolute atomic E-state index is 0.0271. The molecule has 5 nitrogen and oxygen atoms in total. The maximum atomic E-state index is 13.7. The molecule has 1 aromatic heterocycles. The Labute approximate surface area is 179 Å². The second-order valence-corrected chi connectivity index (χ2v) is 8.05. The minimum atomic E-state index is -4.56. The molecule has 0 spiro atoms. The van der Waals surface area contributed by atoms with Crippen LogP contribution in [0.15, 0.2) is 53.7 Å². The van der Waals surface area contributed by atoms with Crippen LogP contribution in [-0.2, 0) is 11.0 Å².